The first-order valence-electron chi connectivity index (χ1n) is 7.00. The highest BCUT2D eigenvalue weighted by atomic mass is 16.5. The third-order valence-corrected chi connectivity index (χ3v) is 3.52. The summed E-state index contributed by atoms with van der Waals surface area (Å²) in [5.41, 5.74) is 4.16. The molecule has 4 nitrogen and oxygen atoms in total. The minimum absolute atomic E-state index is 0.179. The van der Waals surface area contributed by atoms with Gasteiger partial charge in [0.2, 0.25) is 0 Å². The number of ether oxygens (including phenoxy) is 2. The molecule has 1 heterocycles. The molecule has 3 N–H and O–H groups in total. The van der Waals surface area contributed by atoms with Crippen LogP contribution in [-0.4, -0.2) is 25.4 Å². The summed E-state index contributed by atoms with van der Waals surface area (Å²) < 4.78 is 11.3. The Kier molecular flexibility index (Phi) is 5.19. The molecule has 2 atom stereocenters. The molecule has 0 saturated heterocycles. The molecule has 19 heavy (non-hydrogen) atoms. The lowest BCUT2D eigenvalue weighted by atomic mass is 9.88. The van der Waals surface area contributed by atoms with Gasteiger partial charge in [-0.3, -0.25) is 11.3 Å². The molecule has 0 spiro atoms. The number of hydrogen-bond acceptors (Lipinski definition) is 4. The predicted molar refractivity (Wildman–Crippen MR) is 76.1 cm³/mol. The SMILES string of the molecule is CC(C)OCC(CC1CCOc2ccccc21)NN. The van der Waals surface area contributed by atoms with Gasteiger partial charge >= 0.3 is 0 Å². The van der Waals surface area contributed by atoms with E-state index < -0.39 is 0 Å². The standard InChI is InChI=1S/C15H24N2O2/c1-11(2)19-10-13(17-16)9-12-7-8-18-15-6-4-3-5-14(12)15/h3-6,11-13,17H,7-10,16H2,1-2H3. The molecule has 2 unspecified atom stereocenters. The Morgan fingerprint density at radius 2 is 2.21 bits per heavy atom. The maximum Gasteiger partial charge on any atom is 0.122 e. The van der Waals surface area contributed by atoms with Gasteiger partial charge in [0.25, 0.3) is 0 Å². The van der Waals surface area contributed by atoms with E-state index in [1.807, 2.05) is 26.0 Å². The number of benzene rings is 1. The van der Waals surface area contributed by atoms with Crippen LogP contribution in [0.5, 0.6) is 5.75 Å². The van der Waals surface area contributed by atoms with Gasteiger partial charge in [-0.05, 0) is 44.2 Å². The highest BCUT2D eigenvalue weighted by Gasteiger charge is 2.24. The third-order valence-electron chi connectivity index (χ3n) is 3.52. The molecule has 0 aromatic heterocycles. The van der Waals surface area contributed by atoms with Gasteiger partial charge in [0.1, 0.15) is 5.75 Å². The average Bonchev–Trinajstić information content (AvgIpc) is 2.43. The lowest BCUT2D eigenvalue weighted by Crippen LogP contribution is -2.40. The van der Waals surface area contributed by atoms with Gasteiger partial charge < -0.3 is 9.47 Å². The van der Waals surface area contributed by atoms with Gasteiger partial charge in [0.05, 0.1) is 19.3 Å². The molecule has 1 aromatic carbocycles. The second kappa shape index (κ2) is 6.89. The van der Waals surface area contributed by atoms with Crippen LogP contribution in [0.2, 0.25) is 0 Å². The Bertz CT molecular complexity index is 395. The maximum absolute atomic E-state index is 5.68. The van der Waals surface area contributed by atoms with E-state index in [9.17, 15) is 0 Å². The van der Waals surface area contributed by atoms with Gasteiger partial charge in [-0.25, -0.2) is 0 Å². The molecule has 0 amide bonds. The molecule has 0 fully saturated rings. The van der Waals surface area contributed by atoms with Gasteiger partial charge in [-0.2, -0.15) is 0 Å². The van der Waals surface area contributed by atoms with Crippen LogP contribution in [0.3, 0.4) is 0 Å². The van der Waals surface area contributed by atoms with Crippen LogP contribution in [0.4, 0.5) is 0 Å². The topological polar surface area (TPSA) is 56.5 Å². The fourth-order valence-corrected chi connectivity index (χ4v) is 2.50. The minimum atomic E-state index is 0.179. The van der Waals surface area contributed by atoms with Gasteiger partial charge in [0, 0.05) is 6.04 Å². The van der Waals surface area contributed by atoms with Crippen LogP contribution in [0.1, 0.15) is 38.2 Å². The summed E-state index contributed by atoms with van der Waals surface area (Å²) in [5.74, 6) is 7.14. The second-order valence-electron chi connectivity index (χ2n) is 5.35. The minimum Gasteiger partial charge on any atom is -0.493 e. The Morgan fingerprint density at radius 1 is 1.42 bits per heavy atom. The fourth-order valence-electron chi connectivity index (χ4n) is 2.50. The molecule has 106 valence electrons. The monoisotopic (exact) mass is 264 g/mol. The first kappa shape index (κ1) is 14.3. The zero-order chi connectivity index (χ0) is 13.7. The molecule has 0 bridgehead atoms. The van der Waals surface area contributed by atoms with Crippen LogP contribution >= 0.6 is 0 Å². The number of para-hydroxylation sites is 1. The van der Waals surface area contributed by atoms with E-state index in [-0.39, 0.29) is 12.1 Å². The van der Waals surface area contributed by atoms with Gasteiger partial charge in [-0.15, -0.1) is 0 Å². The van der Waals surface area contributed by atoms with Crippen molar-refractivity contribution in [3.8, 4) is 5.75 Å². The highest BCUT2D eigenvalue weighted by molar-refractivity contribution is 5.37. The Labute approximate surface area is 115 Å². The second-order valence-corrected chi connectivity index (χ2v) is 5.35. The molecule has 0 radical (unpaired) electrons. The Balaban J connectivity index is 1.98. The molecule has 0 saturated carbocycles. The van der Waals surface area contributed by atoms with E-state index in [1.165, 1.54) is 5.56 Å². The first-order valence-corrected chi connectivity index (χ1v) is 7.00. The van der Waals surface area contributed by atoms with Gasteiger partial charge in [0.15, 0.2) is 0 Å². The number of hydrazine groups is 1. The van der Waals surface area contributed by atoms with E-state index in [4.69, 9.17) is 15.3 Å². The summed E-state index contributed by atoms with van der Waals surface area (Å²) >= 11 is 0. The third kappa shape index (κ3) is 3.93. The number of rotatable bonds is 6. The maximum atomic E-state index is 5.68. The summed E-state index contributed by atoms with van der Waals surface area (Å²) in [5, 5.41) is 0. The van der Waals surface area contributed by atoms with Crippen LogP contribution in [0, 0.1) is 0 Å². The molecular formula is C15H24N2O2. The quantitative estimate of drug-likeness (QED) is 0.611. The summed E-state index contributed by atoms with van der Waals surface area (Å²) in [6.07, 6.45) is 2.25. The smallest absolute Gasteiger partial charge is 0.122 e. The van der Waals surface area contributed by atoms with Crippen LogP contribution < -0.4 is 16.0 Å². The lowest BCUT2D eigenvalue weighted by Gasteiger charge is -2.29. The molecule has 2 rings (SSSR count). The van der Waals surface area contributed by atoms with Crippen LogP contribution in [0.25, 0.3) is 0 Å². The normalized spacial score (nSPS) is 19.9. The average molecular weight is 264 g/mol. The van der Waals surface area contributed by atoms with E-state index in [0.29, 0.717) is 12.5 Å². The van der Waals surface area contributed by atoms with Crippen LogP contribution in [0.15, 0.2) is 24.3 Å². The summed E-state index contributed by atoms with van der Waals surface area (Å²) in [6, 6.07) is 8.45. The zero-order valence-corrected chi connectivity index (χ0v) is 11.8. The molecule has 1 aliphatic rings. The molecule has 0 aliphatic carbocycles. The predicted octanol–water partition coefficient (Wildman–Crippen LogP) is 2.20. The number of hydrogen-bond donors (Lipinski definition) is 2. The van der Waals surface area contributed by atoms with Crippen molar-refractivity contribution >= 4 is 0 Å². The number of nitrogens with two attached hydrogens (primary N) is 1. The summed E-state index contributed by atoms with van der Waals surface area (Å²) in [7, 11) is 0. The molecular weight excluding hydrogens is 240 g/mol. The van der Waals surface area contributed by atoms with Gasteiger partial charge in [-0.1, -0.05) is 18.2 Å². The van der Waals surface area contributed by atoms with Crippen molar-refractivity contribution in [2.24, 2.45) is 5.84 Å². The van der Waals surface area contributed by atoms with Crippen LogP contribution in [-0.2, 0) is 4.74 Å². The van der Waals surface area contributed by atoms with E-state index >= 15 is 0 Å². The van der Waals surface area contributed by atoms with E-state index in [2.05, 4.69) is 17.6 Å². The van der Waals surface area contributed by atoms with Crippen molar-refractivity contribution in [2.75, 3.05) is 13.2 Å². The highest BCUT2D eigenvalue weighted by Crippen LogP contribution is 2.36. The van der Waals surface area contributed by atoms with Crippen molar-refractivity contribution in [2.45, 2.75) is 44.8 Å². The Morgan fingerprint density at radius 3 is 2.95 bits per heavy atom. The molecule has 1 aliphatic heterocycles. The summed E-state index contributed by atoms with van der Waals surface area (Å²) in [4.78, 5) is 0. The van der Waals surface area contributed by atoms with E-state index in [0.717, 1.165) is 25.2 Å². The number of fused-ring (bicyclic) bond motifs is 1. The lowest BCUT2D eigenvalue weighted by molar-refractivity contribution is 0.0570. The fraction of sp³-hybridized carbons (Fsp3) is 0.600. The summed E-state index contributed by atoms with van der Waals surface area (Å²) in [6.45, 7) is 5.51. The van der Waals surface area contributed by atoms with Crippen molar-refractivity contribution in [1.29, 1.82) is 0 Å². The van der Waals surface area contributed by atoms with Crippen molar-refractivity contribution < 1.29 is 9.47 Å². The first-order chi connectivity index (χ1) is 9.20. The molecule has 4 heteroatoms. The van der Waals surface area contributed by atoms with Crippen molar-refractivity contribution in [3.63, 3.8) is 0 Å². The van der Waals surface area contributed by atoms with Crippen molar-refractivity contribution in [3.05, 3.63) is 29.8 Å². The Hall–Kier alpha value is -1.10. The zero-order valence-electron chi connectivity index (χ0n) is 11.8. The van der Waals surface area contributed by atoms with Crippen molar-refractivity contribution in [1.82, 2.24) is 5.43 Å². The van der Waals surface area contributed by atoms with E-state index in [1.54, 1.807) is 0 Å². The number of nitrogens with one attached hydrogen (secondary N) is 1. The molecule has 1 aromatic rings. The largest absolute Gasteiger partial charge is 0.493 e.